The number of amides is 1. The van der Waals surface area contributed by atoms with Crippen LogP contribution in [0.4, 0.5) is 13.2 Å². The third-order valence-electron chi connectivity index (χ3n) is 2.82. The fourth-order valence-corrected chi connectivity index (χ4v) is 1.82. The zero-order chi connectivity index (χ0) is 16.3. The van der Waals surface area contributed by atoms with E-state index in [0.29, 0.717) is 5.56 Å². The molecular weight excluding hydrogens is 297 g/mol. The molecule has 0 unspecified atom stereocenters. The first kappa shape index (κ1) is 15.9. The second-order valence-electron chi connectivity index (χ2n) is 4.66. The SMILES string of the molecule is Cc1cc(C(F)(F)F)nc(CNC(=O)c2ncccc2C)n1. The maximum atomic E-state index is 12.7. The Labute approximate surface area is 124 Å². The highest BCUT2D eigenvalue weighted by Gasteiger charge is 2.33. The Morgan fingerprint density at radius 2 is 2.00 bits per heavy atom. The molecule has 2 heterocycles. The Morgan fingerprint density at radius 3 is 2.64 bits per heavy atom. The van der Waals surface area contributed by atoms with E-state index in [0.717, 1.165) is 6.07 Å². The Balaban J connectivity index is 2.14. The fraction of sp³-hybridized carbons (Fsp3) is 0.286. The van der Waals surface area contributed by atoms with E-state index in [1.54, 1.807) is 19.1 Å². The zero-order valence-corrected chi connectivity index (χ0v) is 11.9. The van der Waals surface area contributed by atoms with Crippen molar-refractivity contribution in [2.75, 3.05) is 0 Å². The summed E-state index contributed by atoms with van der Waals surface area (Å²) in [4.78, 5) is 23.2. The number of carbonyl (C=O) groups excluding carboxylic acids is 1. The van der Waals surface area contributed by atoms with Gasteiger partial charge in [0.2, 0.25) is 0 Å². The van der Waals surface area contributed by atoms with E-state index < -0.39 is 17.8 Å². The van der Waals surface area contributed by atoms with Gasteiger partial charge in [-0.25, -0.2) is 9.97 Å². The van der Waals surface area contributed by atoms with Gasteiger partial charge in [-0.1, -0.05) is 6.07 Å². The third kappa shape index (κ3) is 3.78. The molecular formula is C14H13F3N4O. The van der Waals surface area contributed by atoms with Gasteiger partial charge in [-0.3, -0.25) is 9.78 Å². The summed E-state index contributed by atoms with van der Waals surface area (Å²) in [7, 11) is 0. The molecule has 0 aliphatic carbocycles. The van der Waals surface area contributed by atoms with Crippen molar-refractivity contribution in [3.63, 3.8) is 0 Å². The van der Waals surface area contributed by atoms with Gasteiger partial charge in [-0.05, 0) is 31.5 Å². The predicted octanol–water partition coefficient (Wildman–Crippen LogP) is 2.44. The van der Waals surface area contributed by atoms with Gasteiger partial charge in [0.1, 0.15) is 17.2 Å². The predicted molar refractivity (Wildman–Crippen MR) is 71.9 cm³/mol. The van der Waals surface area contributed by atoms with Crippen molar-refractivity contribution in [2.24, 2.45) is 0 Å². The van der Waals surface area contributed by atoms with E-state index in [-0.39, 0.29) is 23.8 Å². The van der Waals surface area contributed by atoms with Crippen molar-refractivity contribution >= 4 is 5.91 Å². The van der Waals surface area contributed by atoms with Crippen molar-refractivity contribution in [3.8, 4) is 0 Å². The molecule has 0 radical (unpaired) electrons. The highest BCUT2D eigenvalue weighted by atomic mass is 19.4. The summed E-state index contributed by atoms with van der Waals surface area (Å²) in [6.07, 6.45) is -3.09. The molecule has 0 saturated carbocycles. The molecule has 1 amide bonds. The average molecular weight is 310 g/mol. The Hall–Kier alpha value is -2.51. The van der Waals surface area contributed by atoms with Crippen molar-refractivity contribution in [1.29, 1.82) is 0 Å². The number of halogens is 3. The summed E-state index contributed by atoms with van der Waals surface area (Å²) < 4.78 is 38.0. The Bertz CT molecular complexity index is 701. The quantitative estimate of drug-likeness (QED) is 0.945. The number of nitrogens with zero attached hydrogens (tertiary/aromatic N) is 3. The molecule has 0 saturated heterocycles. The molecule has 0 aliphatic heterocycles. The molecule has 2 aromatic heterocycles. The van der Waals surface area contributed by atoms with E-state index in [1.165, 1.54) is 13.1 Å². The van der Waals surface area contributed by atoms with Gasteiger partial charge in [0.15, 0.2) is 0 Å². The second-order valence-corrected chi connectivity index (χ2v) is 4.66. The highest BCUT2D eigenvalue weighted by molar-refractivity contribution is 5.93. The molecule has 0 fully saturated rings. The molecule has 8 heteroatoms. The molecule has 0 aliphatic rings. The minimum atomic E-state index is -4.55. The smallest absolute Gasteiger partial charge is 0.343 e. The highest BCUT2D eigenvalue weighted by Crippen LogP contribution is 2.27. The van der Waals surface area contributed by atoms with Crippen LogP contribution >= 0.6 is 0 Å². The van der Waals surface area contributed by atoms with E-state index in [1.807, 2.05) is 0 Å². The first-order valence-electron chi connectivity index (χ1n) is 6.39. The van der Waals surface area contributed by atoms with Crippen LogP contribution in [-0.4, -0.2) is 20.9 Å². The van der Waals surface area contributed by atoms with Gasteiger partial charge in [-0.2, -0.15) is 13.2 Å². The topological polar surface area (TPSA) is 67.8 Å². The lowest BCUT2D eigenvalue weighted by Crippen LogP contribution is -2.26. The van der Waals surface area contributed by atoms with E-state index >= 15 is 0 Å². The molecule has 0 bridgehead atoms. The van der Waals surface area contributed by atoms with Gasteiger partial charge in [-0.15, -0.1) is 0 Å². The normalized spacial score (nSPS) is 11.3. The largest absolute Gasteiger partial charge is 0.433 e. The number of aryl methyl sites for hydroxylation is 2. The van der Waals surface area contributed by atoms with Gasteiger partial charge in [0.05, 0.1) is 6.54 Å². The zero-order valence-electron chi connectivity index (χ0n) is 11.9. The van der Waals surface area contributed by atoms with Crippen molar-refractivity contribution in [3.05, 3.63) is 52.9 Å². The second kappa shape index (κ2) is 6.08. The first-order chi connectivity index (χ1) is 10.3. The van der Waals surface area contributed by atoms with Crippen molar-refractivity contribution in [1.82, 2.24) is 20.3 Å². The number of hydrogen-bond acceptors (Lipinski definition) is 4. The molecule has 22 heavy (non-hydrogen) atoms. The number of carbonyl (C=O) groups is 1. The summed E-state index contributed by atoms with van der Waals surface area (Å²) in [6, 6.07) is 4.26. The maximum Gasteiger partial charge on any atom is 0.433 e. The van der Waals surface area contributed by atoms with Crippen LogP contribution < -0.4 is 5.32 Å². The van der Waals surface area contributed by atoms with Crippen LogP contribution in [0.5, 0.6) is 0 Å². The summed E-state index contributed by atoms with van der Waals surface area (Å²) in [5, 5.41) is 2.47. The van der Waals surface area contributed by atoms with Crippen LogP contribution in [0.25, 0.3) is 0 Å². The number of rotatable bonds is 3. The standard InChI is InChI=1S/C14H13F3N4O/c1-8-4-3-5-18-12(8)13(22)19-7-11-20-9(2)6-10(21-11)14(15,16)17/h3-6H,7H2,1-2H3,(H,19,22). The van der Waals surface area contributed by atoms with Gasteiger partial charge >= 0.3 is 6.18 Å². The van der Waals surface area contributed by atoms with Crippen molar-refractivity contribution < 1.29 is 18.0 Å². The maximum absolute atomic E-state index is 12.7. The molecule has 0 atom stereocenters. The van der Waals surface area contributed by atoms with Crippen LogP contribution in [0.3, 0.4) is 0 Å². The molecule has 1 N–H and O–H groups in total. The van der Waals surface area contributed by atoms with Gasteiger partial charge < -0.3 is 5.32 Å². The van der Waals surface area contributed by atoms with E-state index in [4.69, 9.17) is 0 Å². The fourth-order valence-electron chi connectivity index (χ4n) is 1.82. The monoisotopic (exact) mass is 310 g/mol. The number of hydrogen-bond donors (Lipinski definition) is 1. The molecule has 2 aromatic rings. The van der Waals surface area contributed by atoms with Crippen LogP contribution in [0.1, 0.15) is 33.3 Å². The molecule has 2 rings (SSSR count). The van der Waals surface area contributed by atoms with Gasteiger partial charge in [0, 0.05) is 11.9 Å². The first-order valence-corrected chi connectivity index (χ1v) is 6.39. The summed E-state index contributed by atoms with van der Waals surface area (Å²) in [5.41, 5.74) is 0.0335. The van der Waals surface area contributed by atoms with Crippen LogP contribution in [0, 0.1) is 13.8 Å². The molecule has 5 nitrogen and oxygen atoms in total. The lowest BCUT2D eigenvalue weighted by molar-refractivity contribution is -0.141. The Morgan fingerprint density at radius 1 is 1.27 bits per heavy atom. The van der Waals surface area contributed by atoms with E-state index in [2.05, 4.69) is 20.3 Å². The molecule has 116 valence electrons. The van der Waals surface area contributed by atoms with E-state index in [9.17, 15) is 18.0 Å². The molecule has 0 aromatic carbocycles. The summed E-state index contributed by atoms with van der Waals surface area (Å²) >= 11 is 0. The minimum Gasteiger partial charge on any atom is -0.343 e. The molecule has 0 spiro atoms. The third-order valence-corrected chi connectivity index (χ3v) is 2.82. The summed E-state index contributed by atoms with van der Waals surface area (Å²) in [6.45, 7) is 2.94. The average Bonchev–Trinajstić information content (AvgIpc) is 2.44. The lowest BCUT2D eigenvalue weighted by atomic mass is 10.2. The van der Waals surface area contributed by atoms with Crippen LogP contribution in [0.15, 0.2) is 24.4 Å². The van der Waals surface area contributed by atoms with Crippen LogP contribution in [-0.2, 0) is 12.7 Å². The number of pyridine rings is 1. The number of alkyl halides is 3. The van der Waals surface area contributed by atoms with Gasteiger partial charge in [0.25, 0.3) is 5.91 Å². The number of nitrogens with one attached hydrogen (secondary N) is 1. The minimum absolute atomic E-state index is 0.103. The van der Waals surface area contributed by atoms with Crippen LogP contribution in [0.2, 0.25) is 0 Å². The lowest BCUT2D eigenvalue weighted by Gasteiger charge is -2.10. The van der Waals surface area contributed by atoms with Crippen molar-refractivity contribution in [2.45, 2.75) is 26.6 Å². The number of aromatic nitrogens is 3. The summed E-state index contributed by atoms with van der Waals surface area (Å²) in [5.74, 6) is -0.592. The Kier molecular flexibility index (Phi) is 4.39.